The van der Waals surface area contributed by atoms with Crippen molar-refractivity contribution in [1.82, 2.24) is 0 Å². The minimum absolute atomic E-state index is 0.421. The molecule has 1 aliphatic rings. The van der Waals surface area contributed by atoms with E-state index in [1.807, 2.05) is 30.3 Å². The van der Waals surface area contributed by atoms with E-state index in [0.29, 0.717) is 12.0 Å². The van der Waals surface area contributed by atoms with Crippen LogP contribution in [0.15, 0.2) is 30.3 Å². The van der Waals surface area contributed by atoms with E-state index in [1.165, 1.54) is 0 Å². The van der Waals surface area contributed by atoms with E-state index in [-0.39, 0.29) is 0 Å². The first-order chi connectivity index (χ1) is 6.34. The van der Waals surface area contributed by atoms with Gasteiger partial charge in [0.25, 0.3) is 0 Å². The Bertz CT molecular complexity index is 254. The van der Waals surface area contributed by atoms with E-state index in [1.54, 1.807) is 0 Å². The molecule has 13 heavy (non-hydrogen) atoms. The van der Waals surface area contributed by atoms with Gasteiger partial charge in [-0.05, 0) is 30.9 Å². The van der Waals surface area contributed by atoms with Gasteiger partial charge in [0.1, 0.15) is 5.75 Å². The third-order valence-electron chi connectivity index (χ3n) is 2.50. The van der Waals surface area contributed by atoms with Crippen LogP contribution in [0.25, 0.3) is 0 Å². The third kappa shape index (κ3) is 2.22. The van der Waals surface area contributed by atoms with E-state index in [4.69, 9.17) is 10.5 Å². The van der Waals surface area contributed by atoms with Crippen LogP contribution in [0.1, 0.15) is 12.8 Å². The monoisotopic (exact) mass is 177 g/mol. The normalized spacial score (nSPS) is 26.5. The van der Waals surface area contributed by atoms with Crippen LogP contribution in [0.4, 0.5) is 0 Å². The first-order valence-electron chi connectivity index (χ1n) is 4.78. The lowest BCUT2D eigenvalue weighted by Gasteiger charge is -2.31. The standard InChI is InChI=1S/C11H15NO/c12-10-6-9(7-10)8-13-11-4-2-1-3-5-11/h1-5,9-10H,6-8,12H2. The van der Waals surface area contributed by atoms with Crippen molar-refractivity contribution < 1.29 is 4.74 Å². The minimum atomic E-state index is 0.421. The van der Waals surface area contributed by atoms with Crippen LogP contribution in [0.2, 0.25) is 0 Å². The van der Waals surface area contributed by atoms with Gasteiger partial charge in [-0.1, -0.05) is 18.2 Å². The molecule has 0 spiro atoms. The van der Waals surface area contributed by atoms with Crippen LogP contribution in [-0.2, 0) is 0 Å². The summed E-state index contributed by atoms with van der Waals surface area (Å²) in [6.45, 7) is 0.817. The van der Waals surface area contributed by atoms with Crippen LogP contribution < -0.4 is 10.5 Å². The third-order valence-corrected chi connectivity index (χ3v) is 2.50. The zero-order chi connectivity index (χ0) is 9.10. The Kier molecular flexibility index (Phi) is 2.50. The molecule has 0 aliphatic heterocycles. The average molecular weight is 177 g/mol. The molecule has 1 fully saturated rings. The highest BCUT2D eigenvalue weighted by Crippen LogP contribution is 2.26. The maximum Gasteiger partial charge on any atom is 0.119 e. The van der Waals surface area contributed by atoms with Crippen LogP contribution in [0, 0.1) is 5.92 Å². The van der Waals surface area contributed by atoms with Crippen molar-refractivity contribution in [1.29, 1.82) is 0 Å². The number of hydrogen-bond donors (Lipinski definition) is 1. The van der Waals surface area contributed by atoms with Crippen molar-refractivity contribution in [2.75, 3.05) is 6.61 Å². The van der Waals surface area contributed by atoms with Gasteiger partial charge in [-0.15, -0.1) is 0 Å². The summed E-state index contributed by atoms with van der Waals surface area (Å²) in [4.78, 5) is 0. The van der Waals surface area contributed by atoms with E-state index in [0.717, 1.165) is 25.2 Å². The smallest absolute Gasteiger partial charge is 0.119 e. The zero-order valence-corrected chi connectivity index (χ0v) is 7.65. The Hall–Kier alpha value is -1.02. The van der Waals surface area contributed by atoms with Crippen molar-refractivity contribution in [2.45, 2.75) is 18.9 Å². The Balaban J connectivity index is 1.74. The first-order valence-corrected chi connectivity index (χ1v) is 4.78. The van der Waals surface area contributed by atoms with Gasteiger partial charge >= 0.3 is 0 Å². The predicted molar refractivity (Wildman–Crippen MR) is 52.6 cm³/mol. The summed E-state index contributed by atoms with van der Waals surface area (Å²) in [5, 5.41) is 0. The summed E-state index contributed by atoms with van der Waals surface area (Å²) in [5.74, 6) is 1.64. The van der Waals surface area contributed by atoms with E-state index < -0.39 is 0 Å². The summed E-state index contributed by atoms with van der Waals surface area (Å²) >= 11 is 0. The summed E-state index contributed by atoms with van der Waals surface area (Å²) in [6.07, 6.45) is 2.24. The molecule has 0 saturated heterocycles. The number of nitrogens with two attached hydrogens (primary N) is 1. The molecule has 1 aromatic rings. The molecule has 2 heteroatoms. The Morgan fingerprint density at radius 2 is 1.92 bits per heavy atom. The van der Waals surface area contributed by atoms with Crippen molar-refractivity contribution in [2.24, 2.45) is 11.7 Å². The number of benzene rings is 1. The summed E-state index contributed by atoms with van der Waals surface area (Å²) < 4.78 is 5.60. The highest BCUT2D eigenvalue weighted by atomic mass is 16.5. The van der Waals surface area contributed by atoms with Crippen LogP contribution in [0.3, 0.4) is 0 Å². The van der Waals surface area contributed by atoms with Gasteiger partial charge in [0.05, 0.1) is 6.61 Å². The van der Waals surface area contributed by atoms with Gasteiger partial charge in [0, 0.05) is 6.04 Å². The molecule has 2 nitrogen and oxygen atoms in total. The molecule has 2 N–H and O–H groups in total. The van der Waals surface area contributed by atoms with Gasteiger partial charge in [-0.2, -0.15) is 0 Å². The second kappa shape index (κ2) is 3.79. The lowest BCUT2D eigenvalue weighted by atomic mass is 9.82. The largest absolute Gasteiger partial charge is 0.493 e. The zero-order valence-electron chi connectivity index (χ0n) is 7.65. The lowest BCUT2D eigenvalue weighted by molar-refractivity contribution is 0.160. The quantitative estimate of drug-likeness (QED) is 0.764. The van der Waals surface area contributed by atoms with Crippen LogP contribution in [0.5, 0.6) is 5.75 Å². The predicted octanol–water partition coefficient (Wildman–Crippen LogP) is 1.80. The highest BCUT2D eigenvalue weighted by molar-refractivity contribution is 5.20. The van der Waals surface area contributed by atoms with Gasteiger partial charge in [-0.3, -0.25) is 0 Å². The fourth-order valence-electron chi connectivity index (χ4n) is 1.65. The molecular formula is C11H15NO. The fourth-order valence-corrected chi connectivity index (χ4v) is 1.65. The first kappa shape index (κ1) is 8.57. The van der Waals surface area contributed by atoms with Gasteiger partial charge < -0.3 is 10.5 Å². The second-order valence-electron chi connectivity index (χ2n) is 3.72. The average Bonchev–Trinajstić information content (AvgIpc) is 2.12. The summed E-state index contributed by atoms with van der Waals surface area (Å²) in [5.41, 5.74) is 5.68. The maximum atomic E-state index is 5.68. The van der Waals surface area contributed by atoms with Gasteiger partial charge in [0.2, 0.25) is 0 Å². The number of rotatable bonds is 3. The topological polar surface area (TPSA) is 35.2 Å². The van der Waals surface area contributed by atoms with Crippen molar-refractivity contribution >= 4 is 0 Å². The van der Waals surface area contributed by atoms with Crippen molar-refractivity contribution in [3.05, 3.63) is 30.3 Å². The molecule has 0 unspecified atom stereocenters. The molecule has 2 rings (SSSR count). The molecule has 1 saturated carbocycles. The van der Waals surface area contributed by atoms with Crippen LogP contribution in [-0.4, -0.2) is 12.6 Å². The number of ether oxygens (including phenoxy) is 1. The molecule has 0 amide bonds. The summed E-state index contributed by atoms with van der Waals surface area (Å²) in [7, 11) is 0. The molecule has 0 heterocycles. The molecule has 70 valence electrons. The van der Waals surface area contributed by atoms with Gasteiger partial charge in [-0.25, -0.2) is 0 Å². The van der Waals surface area contributed by atoms with E-state index in [2.05, 4.69) is 0 Å². The maximum absolute atomic E-state index is 5.68. The molecule has 0 atom stereocenters. The minimum Gasteiger partial charge on any atom is -0.493 e. The van der Waals surface area contributed by atoms with E-state index in [9.17, 15) is 0 Å². The summed E-state index contributed by atoms with van der Waals surface area (Å²) in [6, 6.07) is 10.4. The fraction of sp³-hybridized carbons (Fsp3) is 0.455. The molecule has 0 aromatic heterocycles. The molecule has 0 bridgehead atoms. The SMILES string of the molecule is NC1CC(COc2ccccc2)C1. The Labute approximate surface area is 78.7 Å². The number of para-hydroxylation sites is 1. The van der Waals surface area contributed by atoms with E-state index >= 15 is 0 Å². The Morgan fingerprint density at radius 3 is 2.54 bits per heavy atom. The van der Waals surface area contributed by atoms with Crippen LogP contribution >= 0.6 is 0 Å². The number of hydrogen-bond acceptors (Lipinski definition) is 2. The second-order valence-corrected chi connectivity index (χ2v) is 3.72. The molecule has 1 aliphatic carbocycles. The van der Waals surface area contributed by atoms with Crippen molar-refractivity contribution in [3.63, 3.8) is 0 Å². The highest BCUT2D eigenvalue weighted by Gasteiger charge is 2.26. The lowest BCUT2D eigenvalue weighted by Crippen LogP contribution is -2.39. The molecule has 1 aromatic carbocycles. The molecular weight excluding hydrogens is 162 g/mol. The molecule has 0 radical (unpaired) electrons. The van der Waals surface area contributed by atoms with Crippen molar-refractivity contribution in [3.8, 4) is 5.75 Å². The Morgan fingerprint density at radius 1 is 1.23 bits per heavy atom. The van der Waals surface area contributed by atoms with Gasteiger partial charge in [0.15, 0.2) is 0 Å².